The van der Waals surface area contributed by atoms with Gasteiger partial charge in [0.25, 0.3) is 0 Å². The van der Waals surface area contributed by atoms with Crippen LogP contribution in [0.1, 0.15) is 11.3 Å². The zero-order valence-electron chi connectivity index (χ0n) is 16.7. The molecule has 0 fully saturated rings. The zero-order chi connectivity index (χ0) is 22.1. The Morgan fingerprint density at radius 1 is 1.03 bits per heavy atom. The third-order valence-corrected chi connectivity index (χ3v) is 5.08. The minimum atomic E-state index is -0.683. The molecule has 1 amide bonds. The third-order valence-electron chi connectivity index (χ3n) is 4.76. The number of carbonyl (C=O) groups is 1. The number of aryl methyl sites for hydroxylation is 2. The van der Waals surface area contributed by atoms with Crippen LogP contribution in [0.15, 0.2) is 69.9 Å². The Hall–Kier alpha value is -3.64. The minimum absolute atomic E-state index is 0.00452. The molecule has 4 aromatic rings. The van der Waals surface area contributed by atoms with E-state index in [4.69, 9.17) is 20.8 Å². The van der Waals surface area contributed by atoms with Gasteiger partial charge in [-0.25, -0.2) is 9.18 Å². The van der Waals surface area contributed by atoms with Crippen LogP contribution in [0.4, 0.5) is 14.9 Å². The van der Waals surface area contributed by atoms with E-state index in [1.807, 2.05) is 19.1 Å². The molecule has 0 radical (unpaired) electrons. The van der Waals surface area contributed by atoms with Crippen molar-refractivity contribution in [1.29, 1.82) is 0 Å². The van der Waals surface area contributed by atoms with Crippen LogP contribution in [0.25, 0.3) is 22.1 Å². The number of amides is 1. The van der Waals surface area contributed by atoms with Gasteiger partial charge in [0.05, 0.1) is 16.0 Å². The van der Waals surface area contributed by atoms with Gasteiger partial charge in [-0.05, 0) is 50.2 Å². The predicted octanol–water partition coefficient (Wildman–Crippen LogP) is 6.48. The molecule has 0 bridgehead atoms. The molecule has 5 nitrogen and oxygen atoms in total. The van der Waals surface area contributed by atoms with Gasteiger partial charge in [0, 0.05) is 17.3 Å². The number of halogens is 2. The number of fused-ring (bicyclic) bond motifs is 1. The molecule has 0 saturated carbocycles. The molecule has 3 aromatic carbocycles. The molecular weight excluding hydrogens is 421 g/mol. The molecule has 0 unspecified atom stereocenters. The Balaban J connectivity index is 1.67. The second-order valence-corrected chi connectivity index (χ2v) is 7.40. The summed E-state index contributed by atoms with van der Waals surface area (Å²) >= 11 is 6.13. The lowest BCUT2D eigenvalue weighted by atomic mass is 10.0. The number of hydrogen-bond donors (Lipinski definition) is 1. The summed E-state index contributed by atoms with van der Waals surface area (Å²) in [4.78, 5) is 25.2. The molecule has 0 spiro atoms. The molecule has 156 valence electrons. The number of rotatable bonds is 3. The fraction of sp³-hybridized carbons (Fsp3) is 0.0833. The largest absolute Gasteiger partial charge is 0.460 e. The molecule has 0 atom stereocenters. The summed E-state index contributed by atoms with van der Waals surface area (Å²) in [5.74, 6) is -0.225. The summed E-state index contributed by atoms with van der Waals surface area (Å²) in [6.07, 6.45) is -0.683. The highest BCUT2D eigenvalue weighted by atomic mass is 35.5. The number of hydrogen-bond acceptors (Lipinski definition) is 4. The van der Waals surface area contributed by atoms with E-state index in [9.17, 15) is 14.0 Å². The van der Waals surface area contributed by atoms with Gasteiger partial charge in [-0.3, -0.25) is 10.1 Å². The van der Waals surface area contributed by atoms with E-state index in [-0.39, 0.29) is 38.6 Å². The van der Waals surface area contributed by atoms with E-state index in [2.05, 4.69) is 5.32 Å². The van der Waals surface area contributed by atoms with Gasteiger partial charge < -0.3 is 9.15 Å². The summed E-state index contributed by atoms with van der Waals surface area (Å²) in [5.41, 5.74) is 1.48. The van der Waals surface area contributed by atoms with Crippen molar-refractivity contribution in [2.45, 2.75) is 13.8 Å². The van der Waals surface area contributed by atoms with Gasteiger partial charge in [0.2, 0.25) is 5.43 Å². The maximum Gasteiger partial charge on any atom is 0.417 e. The van der Waals surface area contributed by atoms with Crippen LogP contribution in [-0.4, -0.2) is 6.09 Å². The molecule has 1 N–H and O–H groups in total. The fourth-order valence-corrected chi connectivity index (χ4v) is 3.52. The Labute approximate surface area is 182 Å². The number of carbonyl (C=O) groups excluding carboxylic acids is 1. The number of anilines is 1. The van der Waals surface area contributed by atoms with Gasteiger partial charge in [-0.2, -0.15) is 0 Å². The molecule has 31 heavy (non-hydrogen) atoms. The first-order valence-electron chi connectivity index (χ1n) is 9.41. The van der Waals surface area contributed by atoms with Crippen molar-refractivity contribution in [2.24, 2.45) is 0 Å². The van der Waals surface area contributed by atoms with Crippen LogP contribution in [0.3, 0.4) is 0 Å². The van der Waals surface area contributed by atoms with E-state index in [0.29, 0.717) is 5.69 Å². The Kier molecular flexibility index (Phi) is 5.48. The average Bonchev–Trinajstić information content (AvgIpc) is 2.71. The molecule has 0 aliphatic carbocycles. The molecule has 7 heteroatoms. The van der Waals surface area contributed by atoms with Crippen LogP contribution in [0.2, 0.25) is 5.02 Å². The molecule has 4 rings (SSSR count). The summed E-state index contributed by atoms with van der Waals surface area (Å²) in [6.45, 7) is 3.50. The monoisotopic (exact) mass is 437 g/mol. The number of benzene rings is 3. The first-order valence-corrected chi connectivity index (χ1v) is 9.78. The highest BCUT2D eigenvalue weighted by molar-refractivity contribution is 6.33. The van der Waals surface area contributed by atoms with Crippen LogP contribution in [0.5, 0.6) is 5.75 Å². The Bertz CT molecular complexity index is 1340. The third kappa shape index (κ3) is 4.15. The number of ether oxygens (including phenoxy) is 1. The van der Waals surface area contributed by atoms with Gasteiger partial charge >= 0.3 is 6.09 Å². The molecular formula is C24H17ClFNO4. The highest BCUT2D eigenvalue weighted by Gasteiger charge is 2.20. The SMILES string of the molecule is Cc1ccc(NC(=O)Oc2ccc3c(=O)c(-c4c(F)cccc4Cl)c(C)oc3c2)cc1. The average molecular weight is 438 g/mol. The quantitative estimate of drug-likeness (QED) is 0.398. The Morgan fingerprint density at radius 2 is 1.77 bits per heavy atom. The lowest BCUT2D eigenvalue weighted by Crippen LogP contribution is -2.16. The van der Waals surface area contributed by atoms with Crippen molar-refractivity contribution in [3.8, 4) is 16.9 Å². The van der Waals surface area contributed by atoms with Crippen molar-refractivity contribution < 1.29 is 18.3 Å². The maximum atomic E-state index is 14.4. The molecule has 0 saturated heterocycles. The van der Waals surface area contributed by atoms with E-state index >= 15 is 0 Å². The lowest BCUT2D eigenvalue weighted by Gasteiger charge is -2.11. The van der Waals surface area contributed by atoms with Crippen LogP contribution < -0.4 is 15.5 Å². The summed E-state index contributed by atoms with van der Waals surface area (Å²) in [6, 6.07) is 15.8. The van der Waals surface area contributed by atoms with E-state index in [1.54, 1.807) is 19.1 Å². The van der Waals surface area contributed by atoms with Crippen LogP contribution in [-0.2, 0) is 0 Å². The van der Waals surface area contributed by atoms with Crippen molar-refractivity contribution in [2.75, 3.05) is 5.32 Å². The smallest absolute Gasteiger partial charge is 0.417 e. The molecule has 1 aromatic heterocycles. The Morgan fingerprint density at radius 3 is 2.48 bits per heavy atom. The summed E-state index contributed by atoms with van der Waals surface area (Å²) in [5, 5.41) is 2.95. The van der Waals surface area contributed by atoms with Crippen molar-refractivity contribution in [3.63, 3.8) is 0 Å². The van der Waals surface area contributed by atoms with Crippen molar-refractivity contribution in [1.82, 2.24) is 0 Å². The standard InChI is InChI=1S/C24H17ClFNO4/c1-13-6-8-15(9-7-13)27-24(29)31-16-10-11-17-20(12-16)30-14(2)21(23(17)28)22-18(25)4-3-5-19(22)26/h3-12H,1-2H3,(H,27,29). The summed E-state index contributed by atoms with van der Waals surface area (Å²) in [7, 11) is 0. The lowest BCUT2D eigenvalue weighted by molar-refractivity contribution is 0.215. The molecule has 0 aliphatic heterocycles. The van der Waals surface area contributed by atoms with Crippen molar-refractivity contribution >= 4 is 34.4 Å². The van der Waals surface area contributed by atoms with Gasteiger partial charge in [-0.15, -0.1) is 0 Å². The molecule has 1 heterocycles. The minimum Gasteiger partial charge on any atom is -0.460 e. The predicted molar refractivity (Wildman–Crippen MR) is 118 cm³/mol. The van der Waals surface area contributed by atoms with Gasteiger partial charge in [-0.1, -0.05) is 35.4 Å². The van der Waals surface area contributed by atoms with E-state index < -0.39 is 17.3 Å². The topological polar surface area (TPSA) is 68.5 Å². The number of nitrogens with one attached hydrogen (secondary N) is 1. The van der Waals surface area contributed by atoms with Crippen LogP contribution in [0, 0.1) is 19.7 Å². The van der Waals surface area contributed by atoms with Gasteiger partial charge in [0.15, 0.2) is 0 Å². The maximum absolute atomic E-state index is 14.4. The fourth-order valence-electron chi connectivity index (χ4n) is 3.26. The second kappa shape index (κ2) is 8.24. The van der Waals surface area contributed by atoms with Gasteiger partial charge in [0.1, 0.15) is 22.9 Å². The molecule has 0 aliphatic rings. The normalized spacial score (nSPS) is 10.8. The highest BCUT2D eigenvalue weighted by Crippen LogP contribution is 2.32. The van der Waals surface area contributed by atoms with Crippen LogP contribution >= 0.6 is 11.6 Å². The summed E-state index contributed by atoms with van der Waals surface area (Å²) < 4.78 is 25.4. The second-order valence-electron chi connectivity index (χ2n) is 7.00. The first kappa shape index (κ1) is 20.6. The van der Waals surface area contributed by atoms with E-state index in [0.717, 1.165) is 5.56 Å². The first-order chi connectivity index (χ1) is 14.8. The van der Waals surface area contributed by atoms with E-state index in [1.165, 1.54) is 36.4 Å². The zero-order valence-corrected chi connectivity index (χ0v) is 17.4. The van der Waals surface area contributed by atoms with Crippen molar-refractivity contribution in [3.05, 3.63) is 93.1 Å².